The molecule has 4 aliphatic rings. The van der Waals surface area contributed by atoms with Gasteiger partial charge in [0.2, 0.25) is 5.88 Å². The number of rotatable bonds is 8. The predicted molar refractivity (Wildman–Crippen MR) is 149 cm³/mol. The molecule has 1 amide bonds. The molecule has 7 rings (SSSR count). The van der Waals surface area contributed by atoms with E-state index in [9.17, 15) is 4.79 Å². The van der Waals surface area contributed by atoms with E-state index in [2.05, 4.69) is 15.6 Å². The molecule has 2 N–H and O–H groups in total. The van der Waals surface area contributed by atoms with Crippen LogP contribution in [0, 0.1) is 30.6 Å². The highest BCUT2D eigenvalue weighted by Crippen LogP contribution is 2.53. The molecule has 0 spiro atoms. The maximum absolute atomic E-state index is 13.3. The number of carbonyl (C=O) groups is 1. The smallest absolute Gasteiger partial charge is 0.272 e. The van der Waals surface area contributed by atoms with Crippen LogP contribution in [0.3, 0.4) is 0 Å². The zero-order valence-electron chi connectivity index (χ0n) is 21.7. The second kappa shape index (κ2) is 10.5. The number of aromatic nitrogens is 3. The molecule has 2 heterocycles. The van der Waals surface area contributed by atoms with E-state index >= 15 is 0 Å². The number of nitrogens with zero attached hydrogens (tertiary/aromatic N) is 3. The number of amides is 1. The van der Waals surface area contributed by atoms with Crippen LogP contribution in [0.15, 0.2) is 36.5 Å². The molecule has 7 nitrogen and oxygen atoms in total. The maximum Gasteiger partial charge on any atom is 0.272 e. The van der Waals surface area contributed by atoms with Crippen molar-refractivity contribution in [2.24, 2.45) is 23.7 Å². The van der Waals surface area contributed by atoms with Gasteiger partial charge in [0.1, 0.15) is 0 Å². The SMILES string of the molecule is COc1ccc(-c2c(C)c(C(=O)NCCNC3C4CC5CC(C4)CC3C5)nn2-c2ccc(Cl)cc2Cl)cn1. The van der Waals surface area contributed by atoms with E-state index in [4.69, 9.17) is 33.0 Å². The molecule has 4 aliphatic carbocycles. The van der Waals surface area contributed by atoms with Gasteiger partial charge in [0.25, 0.3) is 5.91 Å². The van der Waals surface area contributed by atoms with Crippen LogP contribution in [-0.4, -0.2) is 46.9 Å². The minimum absolute atomic E-state index is 0.207. The number of nitrogens with one attached hydrogen (secondary N) is 2. The highest BCUT2D eigenvalue weighted by Gasteiger charge is 2.47. The van der Waals surface area contributed by atoms with Crippen molar-refractivity contribution in [2.45, 2.75) is 45.1 Å². The number of hydrogen-bond acceptors (Lipinski definition) is 5. The van der Waals surface area contributed by atoms with E-state index in [1.807, 2.05) is 13.0 Å². The largest absolute Gasteiger partial charge is 0.481 e. The van der Waals surface area contributed by atoms with Crippen LogP contribution in [0.25, 0.3) is 16.9 Å². The minimum atomic E-state index is -0.207. The summed E-state index contributed by atoms with van der Waals surface area (Å²) in [5, 5.41) is 12.6. The van der Waals surface area contributed by atoms with E-state index in [0.717, 1.165) is 47.0 Å². The Balaban J connectivity index is 1.20. The molecule has 0 aliphatic heterocycles. The Bertz CT molecular complexity index is 1310. The number of benzene rings is 1. The normalized spacial score (nSPS) is 25.5. The van der Waals surface area contributed by atoms with Crippen LogP contribution in [0.5, 0.6) is 5.88 Å². The van der Waals surface area contributed by atoms with Crippen LogP contribution in [0.2, 0.25) is 10.0 Å². The van der Waals surface area contributed by atoms with Crippen LogP contribution >= 0.6 is 23.2 Å². The molecule has 200 valence electrons. The molecule has 38 heavy (non-hydrogen) atoms. The maximum atomic E-state index is 13.3. The van der Waals surface area contributed by atoms with Gasteiger partial charge in [-0.1, -0.05) is 23.2 Å². The number of methoxy groups -OCH3 is 1. The summed E-state index contributed by atoms with van der Waals surface area (Å²) in [6, 6.07) is 9.50. The average Bonchev–Trinajstić information content (AvgIpc) is 3.24. The highest BCUT2D eigenvalue weighted by molar-refractivity contribution is 6.35. The molecule has 0 atom stereocenters. The van der Waals surface area contributed by atoms with Gasteiger partial charge in [-0.3, -0.25) is 4.79 Å². The third-order valence-electron chi connectivity index (χ3n) is 8.71. The summed E-state index contributed by atoms with van der Waals surface area (Å²) in [6.45, 7) is 3.21. The first kappa shape index (κ1) is 25.7. The van der Waals surface area contributed by atoms with E-state index in [1.165, 1.54) is 32.1 Å². The van der Waals surface area contributed by atoms with Crippen molar-refractivity contribution in [1.29, 1.82) is 0 Å². The van der Waals surface area contributed by atoms with E-state index in [0.29, 0.717) is 39.9 Å². The van der Waals surface area contributed by atoms with Gasteiger partial charge in [-0.05, 0) is 87.0 Å². The lowest BCUT2D eigenvalue weighted by molar-refractivity contribution is -0.0133. The van der Waals surface area contributed by atoms with Crippen molar-refractivity contribution in [2.75, 3.05) is 20.2 Å². The highest BCUT2D eigenvalue weighted by atomic mass is 35.5. The summed E-state index contributed by atoms with van der Waals surface area (Å²) in [7, 11) is 1.57. The molecule has 9 heteroatoms. The topological polar surface area (TPSA) is 81.1 Å². The second-order valence-electron chi connectivity index (χ2n) is 11.1. The summed E-state index contributed by atoms with van der Waals surface area (Å²) >= 11 is 12.7. The van der Waals surface area contributed by atoms with Gasteiger partial charge >= 0.3 is 0 Å². The minimum Gasteiger partial charge on any atom is -0.481 e. The Morgan fingerprint density at radius 1 is 1.05 bits per heavy atom. The first-order valence-corrected chi connectivity index (χ1v) is 14.2. The number of pyridine rings is 1. The molecule has 1 aromatic carbocycles. The summed E-state index contributed by atoms with van der Waals surface area (Å²) < 4.78 is 6.91. The number of halogens is 2. The lowest BCUT2D eigenvalue weighted by atomic mass is 9.54. The average molecular weight is 555 g/mol. The van der Waals surface area contributed by atoms with E-state index in [-0.39, 0.29) is 5.91 Å². The van der Waals surface area contributed by atoms with Crippen LogP contribution in [-0.2, 0) is 0 Å². The summed E-state index contributed by atoms with van der Waals surface area (Å²) in [6.07, 6.45) is 8.68. The van der Waals surface area contributed by atoms with Crippen LogP contribution in [0.1, 0.15) is 48.2 Å². The first-order chi connectivity index (χ1) is 18.4. The van der Waals surface area contributed by atoms with Crippen molar-refractivity contribution in [3.05, 3.63) is 57.8 Å². The van der Waals surface area contributed by atoms with Crippen LogP contribution in [0.4, 0.5) is 0 Å². The van der Waals surface area contributed by atoms with Gasteiger partial charge in [-0.25, -0.2) is 9.67 Å². The predicted octanol–water partition coefficient (Wildman–Crippen LogP) is 5.70. The second-order valence-corrected chi connectivity index (χ2v) is 11.9. The third kappa shape index (κ3) is 4.80. The van der Waals surface area contributed by atoms with Gasteiger partial charge in [0, 0.05) is 47.5 Å². The Morgan fingerprint density at radius 3 is 2.42 bits per heavy atom. The van der Waals surface area contributed by atoms with Crippen molar-refractivity contribution in [3.8, 4) is 22.8 Å². The van der Waals surface area contributed by atoms with Crippen molar-refractivity contribution in [1.82, 2.24) is 25.4 Å². The van der Waals surface area contributed by atoms with Crippen molar-refractivity contribution < 1.29 is 9.53 Å². The van der Waals surface area contributed by atoms with Gasteiger partial charge in [-0.2, -0.15) is 5.10 Å². The molecule has 4 saturated carbocycles. The van der Waals surface area contributed by atoms with Gasteiger partial charge in [-0.15, -0.1) is 0 Å². The zero-order valence-corrected chi connectivity index (χ0v) is 23.2. The molecule has 4 fully saturated rings. The van der Waals surface area contributed by atoms with E-state index < -0.39 is 0 Å². The molecular weight excluding hydrogens is 521 g/mol. The number of ether oxygens (including phenoxy) is 1. The fourth-order valence-electron chi connectivity index (χ4n) is 7.28. The Hall–Kier alpha value is -2.61. The van der Waals surface area contributed by atoms with Crippen molar-refractivity contribution in [3.63, 3.8) is 0 Å². The number of hydrogen-bond donors (Lipinski definition) is 2. The molecule has 0 unspecified atom stereocenters. The van der Waals surface area contributed by atoms with E-state index in [1.54, 1.807) is 42.3 Å². The lowest BCUT2D eigenvalue weighted by Crippen LogP contribution is -2.55. The summed E-state index contributed by atoms with van der Waals surface area (Å²) in [5.74, 6) is 3.83. The fraction of sp³-hybridized carbons (Fsp3) is 0.483. The third-order valence-corrected chi connectivity index (χ3v) is 9.25. The molecule has 2 aromatic heterocycles. The standard InChI is InChI=1S/C29H33Cl2N5O2/c1-16-26(29(37)33-8-7-32-27-20-10-17-9-18(12-20)13-21(27)11-17)35-36(24-5-4-22(30)14-23(24)31)28(16)19-3-6-25(38-2)34-15-19/h3-6,14-15,17-18,20-21,27,32H,7-13H2,1-2H3,(H,33,37). The Labute approximate surface area is 233 Å². The van der Waals surface area contributed by atoms with Gasteiger partial charge < -0.3 is 15.4 Å². The monoisotopic (exact) mass is 553 g/mol. The van der Waals surface area contributed by atoms with Gasteiger partial charge in [0.05, 0.1) is 23.5 Å². The van der Waals surface area contributed by atoms with Gasteiger partial charge in [0.15, 0.2) is 5.69 Å². The summed E-state index contributed by atoms with van der Waals surface area (Å²) in [5.41, 5.74) is 3.27. The first-order valence-electron chi connectivity index (χ1n) is 13.5. The molecule has 3 aromatic rings. The Morgan fingerprint density at radius 2 is 1.79 bits per heavy atom. The molecule has 4 bridgehead atoms. The molecule has 0 saturated heterocycles. The summed E-state index contributed by atoms with van der Waals surface area (Å²) in [4.78, 5) is 17.7. The number of carbonyl (C=O) groups excluding carboxylic acids is 1. The lowest BCUT2D eigenvalue weighted by Gasteiger charge is -2.54. The van der Waals surface area contributed by atoms with Crippen molar-refractivity contribution >= 4 is 29.1 Å². The Kier molecular flexibility index (Phi) is 7.10. The van der Waals surface area contributed by atoms with Crippen LogP contribution < -0.4 is 15.4 Å². The molecular formula is C29H33Cl2N5O2. The quantitative estimate of drug-likeness (QED) is 0.349. The fourth-order valence-corrected chi connectivity index (χ4v) is 7.76. The molecule has 0 radical (unpaired) electrons. The zero-order chi connectivity index (χ0) is 26.4.